The van der Waals surface area contributed by atoms with Crippen LogP contribution < -0.4 is 15.4 Å². The van der Waals surface area contributed by atoms with Crippen molar-refractivity contribution >= 4 is 45.2 Å². The van der Waals surface area contributed by atoms with Gasteiger partial charge in [0.25, 0.3) is 5.91 Å². The van der Waals surface area contributed by atoms with E-state index in [2.05, 4.69) is 26.6 Å². The molecule has 0 saturated heterocycles. The molecule has 2 aromatic carbocycles. The summed E-state index contributed by atoms with van der Waals surface area (Å²) in [4.78, 5) is 24.2. The third-order valence-electron chi connectivity index (χ3n) is 4.33. The SMILES string of the molecule is O=C(Nc1ccc(NC(=O)C2CC2)cc1)C1=Cc2cc(Br)ccc2OC1. The summed E-state index contributed by atoms with van der Waals surface area (Å²) in [6, 6.07) is 12.8. The Labute approximate surface area is 159 Å². The summed E-state index contributed by atoms with van der Waals surface area (Å²) in [5.41, 5.74) is 2.83. The number of hydrogen-bond acceptors (Lipinski definition) is 3. The number of benzene rings is 2. The number of nitrogens with one attached hydrogen (secondary N) is 2. The van der Waals surface area contributed by atoms with Crippen molar-refractivity contribution in [3.05, 3.63) is 58.1 Å². The Bertz CT molecular complexity index is 902. The summed E-state index contributed by atoms with van der Waals surface area (Å²) in [6.45, 7) is 0.232. The summed E-state index contributed by atoms with van der Waals surface area (Å²) in [5.74, 6) is 0.789. The lowest BCUT2D eigenvalue weighted by Gasteiger charge is -2.18. The molecule has 2 aliphatic rings. The van der Waals surface area contributed by atoms with Gasteiger partial charge in [-0.05, 0) is 61.4 Å². The first-order chi connectivity index (χ1) is 12.6. The molecule has 6 heteroatoms. The molecule has 2 N–H and O–H groups in total. The third-order valence-corrected chi connectivity index (χ3v) is 4.83. The van der Waals surface area contributed by atoms with Gasteiger partial charge in [0.05, 0.1) is 5.57 Å². The molecule has 1 saturated carbocycles. The molecule has 0 atom stereocenters. The molecule has 2 amide bonds. The van der Waals surface area contributed by atoms with Gasteiger partial charge in [0.1, 0.15) is 12.4 Å². The number of fused-ring (bicyclic) bond motifs is 1. The first-order valence-corrected chi connectivity index (χ1v) is 9.23. The predicted octanol–water partition coefficient (Wildman–Crippen LogP) is 4.21. The lowest BCUT2D eigenvalue weighted by atomic mass is 10.1. The Morgan fingerprint density at radius 1 is 1.00 bits per heavy atom. The fraction of sp³-hybridized carbons (Fsp3) is 0.200. The van der Waals surface area contributed by atoms with E-state index in [1.54, 1.807) is 24.3 Å². The van der Waals surface area contributed by atoms with Crippen LogP contribution in [0.1, 0.15) is 18.4 Å². The highest BCUT2D eigenvalue weighted by Crippen LogP contribution is 2.31. The molecule has 132 valence electrons. The zero-order valence-electron chi connectivity index (χ0n) is 13.9. The highest BCUT2D eigenvalue weighted by Gasteiger charge is 2.29. The van der Waals surface area contributed by atoms with Gasteiger partial charge >= 0.3 is 0 Å². The number of rotatable bonds is 4. The number of anilines is 2. The molecule has 4 rings (SSSR count). The van der Waals surface area contributed by atoms with E-state index in [0.717, 1.165) is 34.3 Å². The van der Waals surface area contributed by atoms with Gasteiger partial charge in [0.15, 0.2) is 0 Å². The Morgan fingerprint density at radius 3 is 2.38 bits per heavy atom. The van der Waals surface area contributed by atoms with Gasteiger partial charge in [-0.2, -0.15) is 0 Å². The van der Waals surface area contributed by atoms with Crippen molar-refractivity contribution in [2.45, 2.75) is 12.8 Å². The molecular formula is C20H17BrN2O3. The van der Waals surface area contributed by atoms with Crippen molar-refractivity contribution < 1.29 is 14.3 Å². The maximum absolute atomic E-state index is 12.5. The van der Waals surface area contributed by atoms with E-state index in [4.69, 9.17) is 4.74 Å². The van der Waals surface area contributed by atoms with Gasteiger partial charge in [0.2, 0.25) is 5.91 Å². The van der Waals surface area contributed by atoms with Crippen LogP contribution >= 0.6 is 15.9 Å². The van der Waals surface area contributed by atoms with E-state index in [0.29, 0.717) is 11.3 Å². The number of amides is 2. The first-order valence-electron chi connectivity index (χ1n) is 8.44. The molecule has 5 nitrogen and oxygen atoms in total. The van der Waals surface area contributed by atoms with Crippen LogP contribution in [0, 0.1) is 5.92 Å². The van der Waals surface area contributed by atoms with Gasteiger partial charge in [0, 0.05) is 27.3 Å². The smallest absolute Gasteiger partial charge is 0.255 e. The average molecular weight is 413 g/mol. The van der Waals surface area contributed by atoms with E-state index in [9.17, 15) is 9.59 Å². The second-order valence-corrected chi connectivity index (χ2v) is 7.35. The molecule has 0 bridgehead atoms. The monoisotopic (exact) mass is 412 g/mol. The van der Waals surface area contributed by atoms with Crippen LogP contribution in [-0.4, -0.2) is 18.4 Å². The second-order valence-electron chi connectivity index (χ2n) is 6.44. The summed E-state index contributed by atoms with van der Waals surface area (Å²) in [6.07, 6.45) is 3.77. The molecule has 0 radical (unpaired) electrons. The molecule has 2 aromatic rings. The van der Waals surface area contributed by atoms with Crippen molar-refractivity contribution in [3.8, 4) is 5.75 Å². The molecule has 0 spiro atoms. The van der Waals surface area contributed by atoms with Crippen LogP contribution in [0.5, 0.6) is 5.75 Å². The Hall–Kier alpha value is -2.60. The number of carbonyl (C=O) groups excluding carboxylic acids is 2. The molecular weight excluding hydrogens is 396 g/mol. The number of carbonyl (C=O) groups is 2. The van der Waals surface area contributed by atoms with Gasteiger partial charge in [-0.1, -0.05) is 15.9 Å². The van der Waals surface area contributed by atoms with Crippen LogP contribution in [0.3, 0.4) is 0 Å². The van der Waals surface area contributed by atoms with Crippen molar-refractivity contribution in [1.29, 1.82) is 0 Å². The molecule has 0 unspecified atom stereocenters. The topological polar surface area (TPSA) is 67.4 Å². The summed E-state index contributed by atoms with van der Waals surface area (Å²) in [7, 11) is 0. The zero-order chi connectivity index (χ0) is 18.1. The molecule has 1 fully saturated rings. The first kappa shape index (κ1) is 16.8. The van der Waals surface area contributed by atoms with Crippen LogP contribution in [0.15, 0.2) is 52.5 Å². The van der Waals surface area contributed by atoms with Crippen molar-refractivity contribution in [2.75, 3.05) is 17.2 Å². The second kappa shape index (κ2) is 6.96. The van der Waals surface area contributed by atoms with Crippen molar-refractivity contribution in [1.82, 2.24) is 0 Å². The van der Waals surface area contributed by atoms with Gasteiger partial charge in [-0.25, -0.2) is 0 Å². The van der Waals surface area contributed by atoms with Gasteiger partial charge < -0.3 is 15.4 Å². The van der Waals surface area contributed by atoms with Crippen LogP contribution in [0.25, 0.3) is 6.08 Å². The summed E-state index contributed by atoms with van der Waals surface area (Å²) < 4.78 is 6.58. The van der Waals surface area contributed by atoms with E-state index in [-0.39, 0.29) is 24.3 Å². The highest BCUT2D eigenvalue weighted by molar-refractivity contribution is 9.10. The van der Waals surface area contributed by atoms with Gasteiger partial charge in [-0.15, -0.1) is 0 Å². The van der Waals surface area contributed by atoms with E-state index < -0.39 is 0 Å². The molecule has 1 aliphatic heterocycles. The quantitative estimate of drug-likeness (QED) is 0.789. The third kappa shape index (κ3) is 3.80. The molecule has 26 heavy (non-hydrogen) atoms. The van der Waals surface area contributed by atoms with E-state index in [1.165, 1.54) is 0 Å². The fourth-order valence-electron chi connectivity index (χ4n) is 2.72. The normalized spacial score (nSPS) is 15.3. The summed E-state index contributed by atoms with van der Waals surface area (Å²) >= 11 is 3.42. The average Bonchev–Trinajstić information content (AvgIpc) is 3.48. The lowest BCUT2D eigenvalue weighted by Crippen LogP contribution is -2.21. The minimum absolute atomic E-state index is 0.0659. The number of halogens is 1. The van der Waals surface area contributed by atoms with Crippen LogP contribution in [0.2, 0.25) is 0 Å². The largest absolute Gasteiger partial charge is 0.488 e. The zero-order valence-corrected chi connectivity index (χ0v) is 15.5. The number of hydrogen-bond donors (Lipinski definition) is 2. The number of ether oxygens (including phenoxy) is 1. The fourth-order valence-corrected chi connectivity index (χ4v) is 3.10. The Balaban J connectivity index is 1.42. The standard InChI is InChI=1S/C20H17BrN2O3/c21-15-3-8-18-13(10-15)9-14(11-26-18)20(25)23-17-6-4-16(5-7-17)22-19(24)12-1-2-12/h3-10,12H,1-2,11H2,(H,22,24)(H,23,25). The Kier molecular flexibility index (Phi) is 4.51. The Morgan fingerprint density at radius 2 is 1.69 bits per heavy atom. The molecule has 1 aliphatic carbocycles. The molecule has 0 aromatic heterocycles. The minimum Gasteiger partial charge on any atom is -0.488 e. The summed E-state index contributed by atoms with van der Waals surface area (Å²) in [5, 5.41) is 5.74. The van der Waals surface area contributed by atoms with E-state index >= 15 is 0 Å². The van der Waals surface area contributed by atoms with Crippen LogP contribution in [0.4, 0.5) is 11.4 Å². The minimum atomic E-state index is -0.203. The van der Waals surface area contributed by atoms with Crippen LogP contribution in [-0.2, 0) is 9.59 Å². The lowest BCUT2D eigenvalue weighted by molar-refractivity contribution is -0.117. The van der Waals surface area contributed by atoms with Crippen molar-refractivity contribution in [3.63, 3.8) is 0 Å². The van der Waals surface area contributed by atoms with Crippen molar-refractivity contribution in [2.24, 2.45) is 5.92 Å². The van der Waals surface area contributed by atoms with E-state index in [1.807, 2.05) is 24.3 Å². The van der Waals surface area contributed by atoms with Gasteiger partial charge in [-0.3, -0.25) is 9.59 Å². The predicted molar refractivity (Wildman–Crippen MR) is 104 cm³/mol. The maximum atomic E-state index is 12.5. The molecule has 1 heterocycles. The maximum Gasteiger partial charge on any atom is 0.255 e. The highest BCUT2D eigenvalue weighted by atomic mass is 79.9.